The van der Waals surface area contributed by atoms with Gasteiger partial charge in [-0.2, -0.15) is 30.0 Å². The van der Waals surface area contributed by atoms with Gasteiger partial charge < -0.3 is 4.74 Å². The molecule has 0 fully saturated rings. The highest BCUT2D eigenvalue weighted by Gasteiger charge is 2.43. The summed E-state index contributed by atoms with van der Waals surface area (Å²) in [5, 5.41) is 5.63. The lowest BCUT2D eigenvalue weighted by atomic mass is 9.78. The molecular weight excluding hydrogens is 535 g/mol. The van der Waals surface area contributed by atoms with Crippen LogP contribution in [-0.4, -0.2) is 47.7 Å². The molecule has 0 aliphatic carbocycles. The Balaban J connectivity index is 1.97. The number of carbonyl (C=O) groups excluding carboxylic acids is 2. The van der Waals surface area contributed by atoms with Gasteiger partial charge in [0.25, 0.3) is 0 Å². The molecule has 2 amide bonds. The van der Waals surface area contributed by atoms with Gasteiger partial charge in [0, 0.05) is 10.4 Å². The molecule has 1 aliphatic rings. The Bertz CT molecular complexity index is 1110. The molecular formula is C24H25ClF3N3O3S2. The first-order valence-corrected chi connectivity index (χ1v) is 13.4. The average molecular weight is 560 g/mol. The summed E-state index contributed by atoms with van der Waals surface area (Å²) in [6.45, 7) is 2.25. The lowest BCUT2D eigenvalue weighted by Crippen LogP contribution is -2.40. The van der Waals surface area contributed by atoms with Crippen LogP contribution in [-0.2, 0) is 10.9 Å². The number of hydrogen-bond acceptors (Lipinski definition) is 6. The number of carbonyl (C=O) groups is 2. The smallest absolute Gasteiger partial charge is 0.416 e. The summed E-state index contributed by atoms with van der Waals surface area (Å²) >= 11 is 8.21. The van der Waals surface area contributed by atoms with Crippen molar-refractivity contribution in [3.8, 4) is 0 Å². The number of amides is 2. The zero-order valence-corrected chi connectivity index (χ0v) is 22.2. The number of hydrogen-bond donors (Lipinski definition) is 0. The minimum absolute atomic E-state index is 0.0858. The number of rotatable bonds is 6. The van der Waals surface area contributed by atoms with Crippen LogP contribution in [0.3, 0.4) is 0 Å². The molecule has 0 aromatic heterocycles. The molecule has 0 radical (unpaired) electrons. The number of ether oxygens (including phenoxy) is 1. The zero-order chi connectivity index (χ0) is 26.5. The van der Waals surface area contributed by atoms with Crippen molar-refractivity contribution in [3.05, 3.63) is 64.7 Å². The number of nitrogens with zero attached hydrogens (tertiary/aromatic N) is 3. The van der Waals surface area contributed by atoms with Gasteiger partial charge in [-0.25, -0.2) is 18.9 Å². The lowest BCUT2D eigenvalue weighted by Gasteiger charge is -2.28. The van der Waals surface area contributed by atoms with E-state index >= 15 is 0 Å². The Morgan fingerprint density at radius 3 is 2.36 bits per heavy atom. The monoisotopic (exact) mass is 559 g/mol. The van der Waals surface area contributed by atoms with Crippen molar-refractivity contribution in [2.24, 2.45) is 10.5 Å². The maximum atomic E-state index is 13.6. The molecule has 1 heterocycles. The molecule has 0 saturated carbocycles. The molecule has 12 heteroatoms. The molecule has 1 aliphatic heterocycles. The zero-order valence-electron chi connectivity index (χ0n) is 19.8. The van der Waals surface area contributed by atoms with Gasteiger partial charge in [0.05, 0.1) is 42.6 Å². The van der Waals surface area contributed by atoms with Crippen LogP contribution in [0.5, 0.6) is 0 Å². The standard InChI is InChI=1S/C24H25ClF3N3O3S2/c1-23(13-4-14-35-3)15-30(29-20(23)16-5-9-18(25)10-6-16)21(32)31(36-22(33)34-2)19-11-7-17(8-12-19)24(26,27)28/h5-12H,4,13-15H2,1-3H3. The van der Waals surface area contributed by atoms with E-state index in [0.29, 0.717) is 22.7 Å². The number of benzene rings is 2. The fraction of sp³-hybridized carbons (Fsp3) is 0.375. The van der Waals surface area contributed by atoms with E-state index in [0.717, 1.165) is 59.8 Å². The summed E-state index contributed by atoms with van der Waals surface area (Å²) in [4.78, 5) is 25.7. The topological polar surface area (TPSA) is 62.2 Å². The Kier molecular flexibility index (Phi) is 9.23. The van der Waals surface area contributed by atoms with Gasteiger partial charge in [-0.3, -0.25) is 0 Å². The highest BCUT2D eigenvalue weighted by molar-refractivity contribution is 8.15. The summed E-state index contributed by atoms with van der Waals surface area (Å²) in [7, 11) is 1.15. The predicted octanol–water partition coefficient (Wildman–Crippen LogP) is 7.57. The third kappa shape index (κ3) is 6.68. The minimum atomic E-state index is -4.53. The van der Waals surface area contributed by atoms with Crippen LogP contribution in [0, 0.1) is 5.41 Å². The number of urea groups is 1. The fourth-order valence-electron chi connectivity index (χ4n) is 3.82. The maximum absolute atomic E-state index is 13.6. The first kappa shape index (κ1) is 28.2. The van der Waals surface area contributed by atoms with Gasteiger partial charge >= 0.3 is 17.5 Å². The molecule has 1 unspecified atom stereocenters. The molecule has 36 heavy (non-hydrogen) atoms. The summed E-state index contributed by atoms with van der Waals surface area (Å²) in [5.74, 6) is 0.938. The van der Waals surface area contributed by atoms with Crippen molar-refractivity contribution in [1.29, 1.82) is 0 Å². The number of halogens is 4. The van der Waals surface area contributed by atoms with E-state index < -0.39 is 28.5 Å². The van der Waals surface area contributed by atoms with Crippen molar-refractivity contribution >= 4 is 58.0 Å². The number of thioether (sulfide) groups is 1. The van der Waals surface area contributed by atoms with E-state index in [9.17, 15) is 22.8 Å². The first-order valence-electron chi connectivity index (χ1n) is 10.9. The SMILES string of the molecule is COC(=O)SN(C(=O)N1CC(C)(CCCSC)C(c2ccc(Cl)cc2)=N1)c1ccc(C(F)(F)F)cc1. The van der Waals surface area contributed by atoms with E-state index in [1.807, 2.05) is 25.3 Å². The van der Waals surface area contributed by atoms with Gasteiger partial charge in [-0.1, -0.05) is 30.7 Å². The molecule has 2 aromatic carbocycles. The Morgan fingerprint density at radius 1 is 1.17 bits per heavy atom. The molecule has 6 nitrogen and oxygen atoms in total. The number of hydrazone groups is 1. The predicted molar refractivity (Wildman–Crippen MR) is 140 cm³/mol. The summed E-state index contributed by atoms with van der Waals surface area (Å²) < 4.78 is 44.8. The Labute approximate surface area is 221 Å². The van der Waals surface area contributed by atoms with E-state index in [1.54, 1.807) is 23.9 Å². The van der Waals surface area contributed by atoms with Crippen molar-refractivity contribution in [3.63, 3.8) is 0 Å². The average Bonchev–Trinajstić information content (AvgIpc) is 3.19. The molecule has 3 rings (SSSR count). The first-order chi connectivity index (χ1) is 17.0. The second-order valence-electron chi connectivity index (χ2n) is 8.34. The Hall–Kier alpha value is -2.37. The minimum Gasteiger partial charge on any atom is -0.460 e. The third-order valence-electron chi connectivity index (χ3n) is 5.64. The summed E-state index contributed by atoms with van der Waals surface area (Å²) in [6, 6.07) is 10.4. The second kappa shape index (κ2) is 11.8. The van der Waals surface area contributed by atoms with Crippen LogP contribution in [0.1, 0.15) is 30.9 Å². The third-order valence-corrected chi connectivity index (χ3v) is 7.46. The van der Waals surface area contributed by atoms with Crippen molar-refractivity contribution in [2.45, 2.75) is 25.9 Å². The van der Waals surface area contributed by atoms with Crippen molar-refractivity contribution in [1.82, 2.24) is 5.01 Å². The van der Waals surface area contributed by atoms with E-state index in [4.69, 9.17) is 11.6 Å². The number of anilines is 1. The van der Waals surface area contributed by atoms with Gasteiger partial charge in [0.1, 0.15) is 0 Å². The molecule has 2 aromatic rings. The molecule has 0 spiro atoms. The molecule has 0 saturated heterocycles. The van der Waals surface area contributed by atoms with Gasteiger partial charge in [0.2, 0.25) is 0 Å². The second-order valence-corrected chi connectivity index (χ2v) is 10.6. The van der Waals surface area contributed by atoms with Crippen LogP contribution in [0.25, 0.3) is 0 Å². The Morgan fingerprint density at radius 2 is 1.81 bits per heavy atom. The quantitative estimate of drug-likeness (QED) is 0.207. The fourth-order valence-corrected chi connectivity index (χ4v) is 5.00. The lowest BCUT2D eigenvalue weighted by molar-refractivity contribution is -0.137. The molecule has 0 N–H and O–H groups in total. The molecule has 1 atom stereocenters. The molecule has 194 valence electrons. The van der Waals surface area contributed by atoms with Gasteiger partial charge in [0.15, 0.2) is 0 Å². The van der Waals surface area contributed by atoms with E-state index in [-0.39, 0.29) is 12.2 Å². The highest BCUT2D eigenvalue weighted by Crippen LogP contribution is 2.38. The van der Waals surface area contributed by atoms with E-state index in [1.165, 1.54) is 5.01 Å². The van der Waals surface area contributed by atoms with Crippen molar-refractivity contribution < 1.29 is 27.5 Å². The number of alkyl halides is 3. The largest absolute Gasteiger partial charge is 0.460 e. The normalized spacial score (nSPS) is 17.6. The van der Waals surface area contributed by atoms with Crippen LogP contribution < -0.4 is 4.31 Å². The van der Waals surface area contributed by atoms with Crippen LogP contribution in [0.4, 0.5) is 28.4 Å². The van der Waals surface area contributed by atoms with Gasteiger partial charge in [-0.15, -0.1) is 0 Å². The maximum Gasteiger partial charge on any atom is 0.416 e. The number of methoxy groups -OCH3 is 1. The molecule has 0 bridgehead atoms. The van der Waals surface area contributed by atoms with Crippen LogP contribution in [0.15, 0.2) is 53.6 Å². The van der Waals surface area contributed by atoms with Crippen LogP contribution >= 0.6 is 35.3 Å². The summed E-state index contributed by atoms with van der Waals surface area (Å²) in [6.07, 6.45) is -0.865. The van der Waals surface area contributed by atoms with Gasteiger partial charge in [-0.05, 0) is 66.8 Å². The van der Waals surface area contributed by atoms with Crippen molar-refractivity contribution in [2.75, 3.05) is 30.0 Å². The highest BCUT2D eigenvalue weighted by atomic mass is 35.5. The van der Waals surface area contributed by atoms with E-state index in [2.05, 4.69) is 9.84 Å². The summed E-state index contributed by atoms with van der Waals surface area (Å²) in [5.41, 5.74) is 0.239. The van der Waals surface area contributed by atoms with Crippen LogP contribution in [0.2, 0.25) is 5.02 Å².